The van der Waals surface area contributed by atoms with E-state index in [0.29, 0.717) is 6.79 Å². The Hall–Kier alpha value is -0.0800. The zero-order chi connectivity index (χ0) is 11.9. The van der Waals surface area contributed by atoms with Crippen LogP contribution in [0.4, 0.5) is 0 Å². The normalized spacial score (nSPS) is 10.9. The third kappa shape index (κ3) is 13.9. The lowest BCUT2D eigenvalue weighted by atomic mass is 10.2. The third-order valence-corrected chi connectivity index (χ3v) is 2.70. The molecule has 0 spiro atoms. The summed E-state index contributed by atoms with van der Waals surface area (Å²) in [6.45, 7) is 6.67. The molecule has 0 aromatic heterocycles. The van der Waals surface area contributed by atoms with Gasteiger partial charge in [0.25, 0.3) is 0 Å². The fraction of sp³-hybridized carbons (Fsp3) is 1.00. The van der Waals surface area contributed by atoms with Gasteiger partial charge in [-0.25, -0.2) is 0 Å². The Morgan fingerprint density at radius 3 is 1.50 bits per heavy atom. The van der Waals surface area contributed by atoms with Crippen LogP contribution in [-0.4, -0.2) is 20.0 Å². The highest BCUT2D eigenvalue weighted by Crippen LogP contribution is 2.02. The van der Waals surface area contributed by atoms with Crippen LogP contribution in [0.2, 0.25) is 0 Å². The van der Waals surface area contributed by atoms with Crippen molar-refractivity contribution in [1.29, 1.82) is 0 Å². The maximum Gasteiger partial charge on any atom is 0.146 e. The molecule has 16 heavy (non-hydrogen) atoms. The van der Waals surface area contributed by atoms with Gasteiger partial charge in [0.05, 0.1) is 0 Å². The fourth-order valence-corrected chi connectivity index (χ4v) is 1.62. The molecule has 0 saturated carbocycles. The maximum atomic E-state index is 5.40. The first kappa shape index (κ1) is 15.9. The summed E-state index contributed by atoms with van der Waals surface area (Å²) in [5.74, 6) is 0. The molecule has 0 N–H and O–H groups in total. The molecule has 0 aliphatic rings. The number of hydrogen-bond donors (Lipinski definition) is 0. The second kappa shape index (κ2) is 14.9. The first-order valence-electron chi connectivity index (χ1n) is 7.07. The van der Waals surface area contributed by atoms with Crippen molar-refractivity contribution in [3.8, 4) is 0 Å². The standard InChI is InChI=1S/C14H30O2/c1-3-5-7-9-11-13-16-14-15-12-10-8-6-4-2/h3-14H2,1-2H3. The zero-order valence-electron chi connectivity index (χ0n) is 11.3. The van der Waals surface area contributed by atoms with Crippen molar-refractivity contribution in [3.05, 3.63) is 0 Å². The number of hydrogen-bond acceptors (Lipinski definition) is 2. The monoisotopic (exact) mass is 230 g/mol. The summed E-state index contributed by atoms with van der Waals surface area (Å²) < 4.78 is 10.8. The Labute approximate surface area is 102 Å². The van der Waals surface area contributed by atoms with E-state index < -0.39 is 0 Å². The van der Waals surface area contributed by atoms with Crippen LogP contribution in [-0.2, 0) is 9.47 Å². The molecule has 0 atom stereocenters. The Bertz CT molecular complexity index is 101. The Morgan fingerprint density at radius 2 is 1.00 bits per heavy atom. The Kier molecular flexibility index (Phi) is 14.8. The first-order valence-corrected chi connectivity index (χ1v) is 7.07. The minimum atomic E-state index is 0.486. The van der Waals surface area contributed by atoms with Crippen molar-refractivity contribution in [2.45, 2.75) is 71.6 Å². The van der Waals surface area contributed by atoms with Crippen molar-refractivity contribution in [2.75, 3.05) is 20.0 Å². The molecule has 0 amide bonds. The molecule has 0 bridgehead atoms. The highest BCUT2D eigenvalue weighted by Gasteiger charge is 1.91. The lowest BCUT2D eigenvalue weighted by Gasteiger charge is -2.05. The Morgan fingerprint density at radius 1 is 0.562 bits per heavy atom. The van der Waals surface area contributed by atoms with Gasteiger partial charge in [-0.05, 0) is 12.8 Å². The number of rotatable bonds is 13. The van der Waals surface area contributed by atoms with E-state index in [1.54, 1.807) is 0 Å². The summed E-state index contributed by atoms with van der Waals surface area (Å²) in [6, 6.07) is 0. The van der Waals surface area contributed by atoms with Gasteiger partial charge in [-0.1, -0.05) is 58.8 Å². The van der Waals surface area contributed by atoms with Crippen LogP contribution in [0.5, 0.6) is 0 Å². The average Bonchev–Trinajstić information content (AvgIpc) is 2.31. The second-order valence-corrected chi connectivity index (χ2v) is 4.41. The van der Waals surface area contributed by atoms with Crippen molar-refractivity contribution >= 4 is 0 Å². The molecule has 0 saturated heterocycles. The lowest BCUT2D eigenvalue weighted by Crippen LogP contribution is -2.02. The zero-order valence-corrected chi connectivity index (χ0v) is 11.3. The minimum absolute atomic E-state index is 0.486. The van der Waals surface area contributed by atoms with Crippen LogP contribution < -0.4 is 0 Å². The van der Waals surface area contributed by atoms with Crippen LogP contribution in [0.3, 0.4) is 0 Å². The van der Waals surface area contributed by atoms with Gasteiger partial charge in [0, 0.05) is 13.2 Å². The maximum absolute atomic E-state index is 5.40. The predicted octanol–water partition coefficient (Wildman–Crippen LogP) is 4.53. The fourth-order valence-electron chi connectivity index (χ4n) is 1.62. The molecule has 0 heterocycles. The first-order chi connectivity index (χ1) is 7.91. The molecule has 0 aliphatic heterocycles. The minimum Gasteiger partial charge on any atom is -0.355 e. The summed E-state index contributed by atoms with van der Waals surface area (Å²) in [7, 11) is 0. The van der Waals surface area contributed by atoms with Crippen LogP contribution in [0, 0.1) is 0 Å². The van der Waals surface area contributed by atoms with Gasteiger partial charge >= 0.3 is 0 Å². The molecular weight excluding hydrogens is 200 g/mol. The Balaban J connectivity index is 2.83. The van der Waals surface area contributed by atoms with E-state index in [1.807, 2.05) is 0 Å². The number of ether oxygens (including phenoxy) is 2. The van der Waals surface area contributed by atoms with E-state index in [4.69, 9.17) is 9.47 Å². The van der Waals surface area contributed by atoms with Crippen molar-refractivity contribution in [1.82, 2.24) is 0 Å². The molecule has 0 radical (unpaired) electrons. The summed E-state index contributed by atoms with van der Waals surface area (Å²) >= 11 is 0. The van der Waals surface area contributed by atoms with Crippen LogP contribution >= 0.6 is 0 Å². The third-order valence-electron chi connectivity index (χ3n) is 2.70. The molecule has 0 aliphatic carbocycles. The van der Waals surface area contributed by atoms with Crippen molar-refractivity contribution in [3.63, 3.8) is 0 Å². The summed E-state index contributed by atoms with van der Waals surface area (Å²) in [6.07, 6.45) is 11.5. The van der Waals surface area contributed by atoms with E-state index in [-0.39, 0.29) is 0 Å². The molecule has 0 rings (SSSR count). The molecule has 0 aromatic carbocycles. The summed E-state index contributed by atoms with van der Waals surface area (Å²) in [5, 5.41) is 0. The largest absolute Gasteiger partial charge is 0.355 e. The van der Waals surface area contributed by atoms with Gasteiger partial charge in [0.1, 0.15) is 6.79 Å². The van der Waals surface area contributed by atoms with Gasteiger partial charge in [0.15, 0.2) is 0 Å². The summed E-state index contributed by atoms with van der Waals surface area (Å²) in [4.78, 5) is 0. The van der Waals surface area contributed by atoms with Gasteiger partial charge in [0.2, 0.25) is 0 Å². The van der Waals surface area contributed by atoms with Gasteiger partial charge in [-0.2, -0.15) is 0 Å². The smallest absolute Gasteiger partial charge is 0.146 e. The van der Waals surface area contributed by atoms with Crippen molar-refractivity contribution in [2.24, 2.45) is 0 Å². The number of unbranched alkanes of at least 4 members (excludes halogenated alkanes) is 7. The molecular formula is C14H30O2. The quantitative estimate of drug-likeness (QED) is 0.342. The SMILES string of the molecule is CCCCCCCOCOCCCCCC. The topological polar surface area (TPSA) is 18.5 Å². The van der Waals surface area contributed by atoms with Crippen LogP contribution in [0.15, 0.2) is 0 Å². The van der Waals surface area contributed by atoms with Crippen molar-refractivity contribution < 1.29 is 9.47 Å². The predicted molar refractivity (Wildman–Crippen MR) is 69.7 cm³/mol. The van der Waals surface area contributed by atoms with Crippen LogP contribution in [0.25, 0.3) is 0 Å². The molecule has 98 valence electrons. The summed E-state index contributed by atoms with van der Waals surface area (Å²) in [5.41, 5.74) is 0. The van der Waals surface area contributed by atoms with E-state index in [0.717, 1.165) is 13.2 Å². The van der Waals surface area contributed by atoms with Gasteiger partial charge < -0.3 is 9.47 Å². The van der Waals surface area contributed by atoms with E-state index in [2.05, 4.69) is 13.8 Å². The van der Waals surface area contributed by atoms with Gasteiger partial charge in [-0.15, -0.1) is 0 Å². The molecule has 0 fully saturated rings. The average molecular weight is 230 g/mol. The molecule has 0 unspecified atom stereocenters. The van der Waals surface area contributed by atoms with Crippen LogP contribution in [0.1, 0.15) is 71.6 Å². The molecule has 0 aromatic rings. The highest BCUT2D eigenvalue weighted by molar-refractivity contribution is 4.41. The highest BCUT2D eigenvalue weighted by atomic mass is 16.7. The lowest BCUT2D eigenvalue weighted by molar-refractivity contribution is -0.0555. The van der Waals surface area contributed by atoms with E-state index in [1.165, 1.54) is 57.8 Å². The van der Waals surface area contributed by atoms with E-state index in [9.17, 15) is 0 Å². The second-order valence-electron chi connectivity index (χ2n) is 4.41. The molecule has 2 heteroatoms. The van der Waals surface area contributed by atoms with E-state index >= 15 is 0 Å². The molecule has 2 nitrogen and oxygen atoms in total. The van der Waals surface area contributed by atoms with Gasteiger partial charge in [-0.3, -0.25) is 0 Å².